The minimum absolute atomic E-state index is 0.404. The first-order valence-electron chi connectivity index (χ1n) is 6.28. The molecule has 2 aromatic rings. The topological polar surface area (TPSA) is 45.5 Å². The second-order valence-corrected chi connectivity index (χ2v) is 5.09. The highest BCUT2D eigenvalue weighted by Crippen LogP contribution is 2.14. The molecule has 2 aromatic heterocycles. The maximum atomic E-state index is 4.24. The lowest BCUT2D eigenvalue weighted by atomic mass is 10.2. The van der Waals surface area contributed by atoms with E-state index >= 15 is 0 Å². The fourth-order valence-corrected chi connectivity index (χ4v) is 1.94. The van der Waals surface area contributed by atoms with E-state index in [1.54, 1.807) is 6.33 Å². The van der Waals surface area contributed by atoms with Crippen LogP contribution in [0.4, 0.5) is 5.82 Å². The molecule has 0 amide bonds. The Morgan fingerprint density at radius 1 is 1.39 bits per heavy atom. The molecular formula is C13H21N5. The predicted octanol–water partition coefficient (Wildman–Crippen LogP) is 1.79. The first-order valence-corrected chi connectivity index (χ1v) is 6.28. The van der Waals surface area contributed by atoms with Crippen LogP contribution < -0.4 is 5.32 Å². The summed E-state index contributed by atoms with van der Waals surface area (Å²) in [6.45, 7) is 5.33. The van der Waals surface area contributed by atoms with Crippen LogP contribution in [0.5, 0.6) is 0 Å². The van der Waals surface area contributed by atoms with Gasteiger partial charge in [-0.25, -0.2) is 4.98 Å². The largest absolute Gasteiger partial charge is 0.367 e. The van der Waals surface area contributed by atoms with Crippen molar-refractivity contribution in [1.82, 2.24) is 19.5 Å². The number of aryl methyl sites for hydroxylation is 1. The van der Waals surface area contributed by atoms with Crippen LogP contribution in [0.25, 0.3) is 5.65 Å². The zero-order chi connectivity index (χ0) is 13.1. The lowest BCUT2D eigenvalue weighted by molar-refractivity contribution is 0.390. The maximum absolute atomic E-state index is 4.24. The molecule has 1 unspecified atom stereocenters. The summed E-state index contributed by atoms with van der Waals surface area (Å²) in [6.07, 6.45) is 2.68. The molecule has 98 valence electrons. The van der Waals surface area contributed by atoms with Crippen LogP contribution in [-0.4, -0.2) is 46.2 Å². The van der Waals surface area contributed by atoms with Gasteiger partial charge >= 0.3 is 0 Å². The molecule has 0 aliphatic rings. The van der Waals surface area contributed by atoms with Gasteiger partial charge in [0.2, 0.25) is 0 Å². The van der Waals surface area contributed by atoms with Gasteiger partial charge in [0.15, 0.2) is 5.65 Å². The van der Waals surface area contributed by atoms with Crippen molar-refractivity contribution in [3.63, 3.8) is 0 Å². The average Bonchev–Trinajstić information content (AvgIpc) is 2.74. The summed E-state index contributed by atoms with van der Waals surface area (Å²) < 4.78 is 1.85. The van der Waals surface area contributed by atoms with Crippen LogP contribution in [0.3, 0.4) is 0 Å². The normalized spacial score (nSPS) is 13.2. The van der Waals surface area contributed by atoms with Gasteiger partial charge < -0.3 is 10.2 Å². The average molecular weight is 247 g/mol. The molecule has 0 saturated carbocycles. The molecule has 0 spiro atoms. The van der Waals surface area contributed by atoms with Crippen molar-refractivity contribution < 1.29 is 0 Å². The van der Waals surface area contributed by atoms with Crippen molar-refractivity contribution >= 4 is 11.5 Å². The smallest absolute Gasteiger partial charge is 0.157 e. The van der Waals surface area contributed by atoms with Crippen molar-refractivity contribution in [3.05, 3.63) is 24.0 Å². The second kappa shape index (κ2) is 5.35. The number of pyridine rings is 1. The lowest BCUT2D eigenvalue weighted by Crippen LogP contribution is -2.24. The van der Waals surface area contributed by atoms with Gasteiger partial charge in [0.25, 0.3) is 0 Å². The molecule has 5 heteroatoms. The molecule has 0 radical (unpaired) electrons. The molecule has 0 aromatic carbocycles. The van der Waals surface area contributed by atoms with E-state index in [9.17, 15) is 0 Å². The van der Waals surface area contributed by atoms with Crippen LogP contribution in [0.15, 0.2) is 18.5 Å². The van der Waals surface area contributed by atoms with Crippen LogP contribution in [-0.2, 0) is 0 Å². The van der Waals surface area contributed by atoms with Gasteiger partial charge in [-0.3, -0.25) is 0 Å². The minimum Gasteiger partial charge on any atom is -0.367 e. The summed E-state index contributed by atoms with van der Waals surface area (Å²) in [5.41, 5.74) is 2.08. The van der Waals surface area contributed by atoms with Crippen molar-refractivity contribution in [1.29, 1.82) is 0 Å². The van der Waals surface area contributed by atoms with E-state index in [0.29, 0.717) is 6.04 Å². The number of aromatic nitrogens is 3. The number of nitrogens with one attached hydrogen (secondary N) is 1. The number of hydrogen-bond donors (Lipinski definition) is 1. The molecule has 2 heterocycles. The number of anilines is 1. The first-order chi connectivity index (χ1) is 8.56. The van der Waals surface area contributed by atoms with Crippen LogP contribution in [0, 0.1) is 6.92 Å². The van der Waals surface area contributed by atoms with Crippen molar-refractivity contribution in [2.75, 3.05) is 26.0 Å². The minimum atomic E-state index is 0.404. The Bertz CT molecular complexity index is 517. The van der Waals surface area contributed by atoms with Crippen molar-refractivity contribution in [3.8, 4) is 0 Å². The maximum Gasteiger partial charge on any atom is 0.157 e. The summed E-state index contributed by atoms with van der Waals surface area (Å²) >= 11 is 0. The fraction of sp³-hybridized carbons (Fsp3) is 0.538. The zero-order valence-corrected chi connectivity index (χ0v) is 11.5. The molecule has 0 bridgehead atoms. The van der Waals surface area contributed by atoms with Crippen LogP contribution in [0.2, 0.25) is 0 Å². The van der Waals surface area contributed by atoms with E-state index in [4.69, 9.17) is 0 Å². The highest BCUT2D eigenvalue weighted by atomic mass is 15.3. The van der Waals surface area contributed by atoms with E-state index in [1.165, 1.54) is 5.56 Å². The summed E-state index contributed by atoms with van der Waals surface area (Å²) in [7, 11) is 4.18. The van der Waals surface area contributed by atoms with Crippen LogP contribution in [0.1, 0.15) is 18.9 Å². The van der Waals surface area contributed by atoms with E-state index in [2.05, 4.69) is 54.3 Å². The molecule has 0 aliphatic carbocycles. The molecule has 1 N–H and O–H groups in total. The summed E-state index contributed by atoms with van der Waals surface area (Å²) in [5, 5.41) is 7.74. The molecule has 1 atom stereocenters. The Morgan fingerprint density at radius 3 is 2.89 bits per heavy atom. The first kappa shape index (κ1) is 12.8. The number of rotatable bonds is 5. The fourth-order valence-electron chi connectivity index (χ4n) is 1.94. The molecule has 2 rings (SSSR count). The van der Waals surface area contributed by atoms with Gasteiger partial charge in [-0.05, 0) is 58.6 Å². The standard InChI is InChI=1S/C13H21N5/c1-10-7-12-14-9-15-18(12)13(8-10)16-11(2)5-6-17(3)4/h7-9,11,16H,5-6H2,1-4H3. The van der Waals surface area contributed by atoms with Crippen molar-refractivity contribution in [2.24, 2.45) is 0 Å². The Balaban J connectivity index is 2.13. The third-order valence-corrected chi connectivity index (χ3v) is 2.93. The summed E-state index contributed by atoms with van der Waals surface area (Å²) in [5.74, 6) is 1.01. The van der Waals surface area contributed by atoms with E-state index in [0.717, 1.165) is 24.4 Å². The van der Waals surface area contributed by atoms with Crippen LogP contribution >= 0.6 is 0 Å². The summed E-state index contributed by atoms with van der Waals surface area (Å²) in [6, 6.07) is 4.54. The number of hydrogen-bond acceptors (Lipinski definition) is 4. The Kier molecular flexibility index (Phi) is 3.81. The monoisotopic (exact) mass is 247 g/mol. The van der Waals surface area contributed by atoms with Gasteiger partial charge in [-0.15, -0.1) is 0 Å². The van der Waals surface area contributed by atoms with E-state index in [1.807, 2.05) is 10.6 Å². The zero-order valence-electron chi connectivity index (χ0n) is 11.5. The molecule has 5 nitrogen and oxygen atoms in total. The quantitative estimate of drug-likeness (QED) is 0.875. The molecule has 18 heavy (non-hydrogen) atoms. The van der Waals surface area contributed by atoms with Gasteiger partial charge in [0.05, 0.1) is 0 Å². The second-order valence-electron chi connectivity index (χ2n) is 5.09. The third-order valence-electron chi connectivity index (χ3n) is 2.93. The Hall–Kier alpha value is -1.62. The Morgan fingerprint density at radius 2 is 2.17 bits per heavy atom. The van der Waals surface area contributed by atoms with Gasteiger partial charge in [0.1, 0.15) is 12.1 Å². The van der Waals surface area contributed by atoms with E-state index in [-0.39, 0.29) is 0 Å². The highest BCUT2D eigenvalue weighted by Gasteiger charge is 2.07. The molecule has 0 fully saturated rings. The number of fused-ring (bicyclic) bond motifs is 1. The Labute approximate surface area is 108 Å². The SMILES string of the molecule is Cc1cc(NC(C)CCN(C)C)n2ncnc2c1. The van der Waals surface area contributed by atoms with Gasteiger partial charge in [-0.1, -0.05) is 0 Å². The predicted molar refractivity (Wildman–Crippen MR) is 74.0 cm³/mol. The number of nitrogens with zero attached hydrogens (tertiary/aromatic N) is 4. The summed E-state index contributed by atoms with van der Waals surface area (Å²) in [4.78, 5) is 6.42. The van der Waals surface area contributed by atoms with Gasteiger partial charge in [0, 0.05) is 6.04 Å². The molecular weight excluding hydrogens is 226 g/mol. The third kappa shape index (κ3) is 2.98. The van der Waals surface area contributed by atoms with E-state index < -0.39 is 0 Å². The van der Waals surface area contributed by atoms with Crippen molar-refractivity contribution in [2.45, 2.75) is 26.3 Å². The highest BCUT2D eigenvalue weighted by molar-refractivity contribution is 5.51. The molecule has 0 aliphatic heterocycles. The lowest BCUT2D eigenvalue weighted by Gasteiger charge is -2.18. The van der Waals surface area contributed by atoms with Gasteiger partial charge in [-0.2, -0.15) is 9.61 Å². The molecule has 0 saturated heterocycles.